The maximum Gasteiger partial charge on any atom is 0.306 e. The molecule has 1 N–H and O–H groups in total. The standard InChI is InChI=1S/C16H23N3O6/c1-2-23-16(22)6-5-15(21)19(10-12-4-3-8-24-12)11-14(20)17-13-7-9-25-18-13/h7,9,12H,2-6,8,10-11H2,1H3,(H,17,18,20)/t12-/m1/s1. The van der Waals surface area contributed by atoms with E-state index in [0.717, 1.165) is 12.8 Å². The smallest absolute Gasteiger partial charge is 0.306 e. The van der Waals surface area contributed by atoms with E-state index in [1.54, 1.807) is 6.92 Å². The van der Waals surface area contributed by atoms with Gasteiger partial charge < -0.3 is 24.2 Å². The molecule has 0 spiro atoms. The fourth-order valence-corrected chi connectivity index (χ4v) is 2.52. The summed E-state index contributed by atoms with van der Waals surface area (Å²) in [5, 5.41) is 6.14. The summed E-state index contributed by atoms with van der Waals surface area (Å²) in [5.41, 5.74) is 0. The molecule has 0 aromatic carbocycles. The van der Waals surface area contributed by atoms with Crippen molar-refractivity contribution in [2.24, 2.45) is 0 Å². The quantitative estimate of drug-likeness (QED) is 0.658. The van der Waals surface area contributed by atoms with Gasteiger partial charge in [-0.25, -0.2) is 0 Å². The average Bonchev–Trinajstić information content (AvgIpc) is 3.26. The molecule has 2 rings (SSSR count). The van der Waals surface area contributed by atoms with Gasteiger partial charge in [-0.3, -0.25) is 14.4 Å². The largest absolute Gasteiger partial charge is 0.466 e. The molecule has 0 aliphatic carbocycles. The highest BCUT2D eigenvalue weighted by atomic mass is 16.5. The molecule has 2 amide bonds. The fraction of sp³-hybridized carbons (Fsp3) is 0.625. The van der Waals surface area contributed by atoms with Gasteiger partial charge in [0.2, 0.25) is 11.8 Å². The van der Waals surface area contributed by atoms with Gasteiger partial charge in [-0.15, -0.1) is 0 Å². The van der Waals surface area contributed by atoms with Crippen molar-refractivity contribution in [3.63, 3.8) is 0 Å². The molecular weight excluding hydrogens is 330 g/mol. The molecule has 25 heavy (non-hydrogen) atoms. The van der Waals surface area contributed by atoms with E-state index in [9.17, 15) is 14.4 Å². The van der Waals surface area contributed by atoms with Gasteiger partial charge in [0.25, 0.3) is 0 Å². The Morgan fingerprint density at radius 3 is 2.88 bits per heavy atom. The fourth-order valence-electron chi connectivity index (χ4n) is 2.52. The number of amides is 2. The lowest BCUT2D eigenvalue weighted by molar-refractivity contribution is -0.146. The van der Waals surface area contributed by atoms with Gasteiger partial charge in [0, 0.05) is 25.6 Å². The third-order valence-electron chi connectivity index (χ3n) is 3.69. The summed E-state index contributed by atoms with van der Waals surface area (Å²) >= 11 is 0. The molecule has 1 saturated heterocycles. The second-order valence-electron chi connectivity index (χ2n) is 5.65. The first kappa shape index (κ1) is 18.9. The van der Waals surface area contributed by atoms with Crippen LogP contribution in [0.2, 0.25) is 0 Å². The van der Waals surface area contributed by atoms with E-state index in [4.69, 9.17) is 9.47 Å². The zero-order chi connectivity index (χ0) is 18.1. The van der Waals surface area contributed by atoms with Crippen LogP contribution < -0.4 is 5.32 Å². The number of carbonyl (C=O) groups excluding carboxylic acids is 3. The molecule has 9 heteroatoms. The van der Waals surface area contributed by atoms with E-state index in [-0.39, 0.29) is 43.8 Å². The Bertz CT molecular complexity index is 568. The van der Waals surface area contributed by atoms with Crippen LogP contribution in [0.3, 0.4) is 0 Å². The van der Waals surface area contributed by atoms with Gasteiger partial charge in [-0.2, -0.15) is 0 Å². The number of nitrogens with zero attached hydrogens (tertiary/aromatic N) is 2. The molecule has 1 aliphatic rings. The first-order valence-corrected chi connectivity index (χ1v) is 8.33. The summed E-state index contributed by atoms with van der Waals surface area (Å²) in [6, 6.07) is 1.50. The number of hydrogen-bond donors (Lipinski definition) is 1. The van der Waals surface area contributed by atoms with Crippen LogP contribution in [-0.2, 0) is 23.9 Å². The van der Waals surface area contributed by atoms with E-state index < -0.39 is 11.9 Å². The molecule has 0 unspecified atom stereocenters. The predicted molar refractivity (Wildman–Crippen MR) is 86.6 cm³/mol. The van der Waals surface area contributed by atoms with Crippen molar-refractivity contribution in [1.29, 1.82) is 0 Å². The molecule has 1 aromatic heterocycles. The van der Waals surface area contributed by atoms with Gasteiger partial charge in [-0.1, -0.05) is 5.16 Å². The topological polar surface area (TPSA) is 111 Å². The van der Waals surface area contributed by atoms with Crippen molar-refractivity contribution in [3.05, 3.63) is 12.3 Å². The van der Waals surface area contributed by atoms with Crippen LogP contribution in [0.5, 0.6) is 0 Å². The minimum absolute atomic E-state index is 0.0111. The highest BCUT2D eigenvalue weighted by molar-refractivity contribution is 5.94. The first-order valence-electron chi connectivity index (χ1n) is 8.33. The van der Waals surface area contributed by atoms with Gasteiger partial charge in [0.1, 0.15) is 6.26 Å². The molecule has 138 valence electrons. The second kappa shape index (κ2) is 9.77. The number of ether oxygens (including phenoxy) is 2. The average molecular weight is 353 g/mol. The molecule has 9 nitrogen and oxygen atoms in total. The third-order valence-corrected chi connectivity index (χ3v) is 3.69. The Hall–Kier alpha value is -2.42. The van der Waals surface area contributed by atoms with Gasteiger partial charge in [0.05, 0.1) is 25.7 Å². The second-order valence-corrected chi connectivity index (χ2v) is 5.65. The van der Waals surface area contributed by atoms with Gasteiger partial charge in [0.15, 0.2) is 5.82 Å². The number of nitrogens with one attached hydrogen (secondary N) is 1. The van der Waals surface area contributed by atoms with Crippen LogP contribution in [0.1, 0.15) is 32.6 Å². The van der Waals surface area contributed by atoms with Crippen molar-refractivity contribution in [1.82, 2.24) is 10.1 Å². The Kier molecular flexibility index (Phi) is 7.39. The van der Waals surface area contributed by atoms with Crippen LogP contribution in [0.15, 0.2) is 16.9 Å². The maximum absolute atomic E-state index is 12.4. The molecular formula is C16H23N3O6. The van der Waals surface area contributed by atoms with Crippen LogP contribution in [0.25, 0.3) is 0 Å². The number of carbonyl (C=O) groups is 3. The Morgan fingerprint density at radius 1 is 1.40 bits per heavy atom. The van der Waals surface area contributed by atoms with Crippen LogP contribution in [0, 0.1) is 0 Å². The molecule has 1 fully saturated rings. The van der Waals surface area contributed by atoms with Crippen molar-refractivity contribution in [3.8, 4) is 0 Å². The number of esters is 1. The van der Waals surface area contributed by atoms with E-state index in [0.29, 0.717) is 13.2 Å². The third kappa shape index (κ3) is 6.54. The molecule has 1 atom stereocenters. The highest BCUT2D eigenvalue weighted by Crippen LogP contribution is 2.14. The van der Waals surface area contributed by atoms with Crippen molar-refractivity contribution < 1.29 is 28.4 Å². The minimum Gasteiger partial charge on any atom is -0.466 e. The van der Waals surface area contributed by atoms with Crippen molar-refractivity contribution in [2.75, 3.05) is 31.6 Å². The molecule has 1 aromatic rings. The normalized spacial score (nSPS) is 16.4. The summed E-state index contributed by atoms with van der Waals surface area (Å²) in [5.74, 6) is -0.837. The highest BCUT2D eigenvalue weighted by Gasteiger charge is 2.25. The number of aromatic nitrogens is 1. The molecule has 1 aliphatic heterocycles. The lowest BCUT2D eigenvalue weighted by Crippen LogP contribution is -2.42. The van der Waals surface area contributed by atoms with Crippen molar-refractivity contribution in [2.45, 2.75) is 38.7 Å². The number of anilines is 1. The summed E-state index contributed by atoms with van der Waals surface area (Å²) in [4.78, 5) is 37.4. The summed E-state index contributed by atoms with van der Waals surface area (Å²) < 4.78 is 15.0. The van der Waals surface area contributed by atoms with Crippen molar-refractivity contribution >= 4 is 23.6 Å². The number of hydrogen-bond acceptors (Lipinski definition) is 7. The summed E-state index contributed by atoms with van der Waals surface area (Å²) in [6.07, 6.45) is 2.99. The lowest BCUT2D eigenvalue weighted by Gasteiger charge is -2.24. The van der Waals surface area contributed by atoms with Gasteiger partial charge >= 0.3 is 5.97 Å². The minimum atomic E-state index is -0.431. The Morgan fingerprint density at radius 2 is 2.24 bits per heavy atom. The monoisotopic (exact) mass is 353 g/mol. The first-order chi connectivity index (χ1) is 12.1. The Balaban J connectivity index is 1.90. The van der Waals surface area contributed by atoms with Crippen LogP contribution in [-0.4, -0.2) is 60.2 Å². The van der Waals surface area contributed by atoms with E-state index >= 15 is 0 Å². The Labute approximate surface area is 145 Å². The number of rotatable bonds is 9. The SMILES string of the molecule is CCOC(=O)CCC(=O)N(CC(=O)Nc1ccon1)C[C@H]1CCCO1. The van der Waals surface area contributed by atoms with Gasteiger partial charge in [-0.05, 0) is 19.8 Å². The maximum atomic E-state index is 12.4. The van der Waals surface area contributed by atoms with E-state index in [2.05, 4.69) is 15.0 Å². The zero-order valence-electron chi connectivity index (χ0n) is 14.2. The molecule has 0 bridgehead atoms. The summed E-state index contributed by atoms with van der Waals surface area (Å²) in [7, 11) is 0. The van der Waals surface area contributed by atoms with E-state index in [1.807, 2.05) is 0 Å². The van der Waals surface area contributed by atoms with E-state index in [1.165, 1.54) is 17.2 Å². The van der Waals surface area contributed by atoms with Crippen LogP contribution in [0.4, 0.5) is 5.82 Å². The zero-order valence-corrected chi connectivity index (χ0v) is 14.2. The van der Waals surface area contributed by atoms with Crippen LogP contribution >= 0.6 is 0 Å². The lowest BCUT2D eigenvalue weighted by atomic mass is 10.2. The molecule has 0 saturated carbocycles. The molecule has 2 heterocycles. The molecule has 0 radical (unpaired) electrons. The predicted octanol–water partition coefficient (Wildman–Crippen LogP) is 0.964. The summed E-state index contributed by atoms with van der Waals surface area (Å²) in [6.45, 7) is 2.80.